The minimum absolute atomic E-state index is 0.966. The van der Waals surface area contributed by atoms with Crippen LogP contribution in [-0.2, 0) is 0 Å². The molecule has 0 unspecified atom stereocenters. The summed E-state index contributed by atoms with van der Waals surface area (Å²) in [7, 11) is -2.58. The van der Waals surface area contributed by atoms with Crippen LogP contribution in [0.1, 0.15) is 72.8 Å². The molecule has 0 spiro atoms. The van der Waals surface area contributed by atoms with Crippen molar-refractivity contribution < 1.29 is 0 Å². The van der Waals surface area contributed by atoms with Crippen LogP contribution < -0.4 is 0 Å². The Kier molecular flexibility index (Phi) is 13.0. The van der Waals surface area contributed by atoms with E-state index in [-0.39, 0.29) is 0 Å². The van der Waals surface area contributed by atoms with Gasteiger partial charge in [-0.1, -0.05) is 84.7 Å². The topological polar surface area (TPSA) is 15.6 Å². The fraction of sp³-hybridized carbons (Fsp3) is 0.720. The molecule has 1 rings (SSSR count). The quantitative estimate of drug-likeness (QED) is 0.147. The first-order valence-corrected chi connectivity index (χ1v) is 17.5. The van der Waals surface area contributed by atoms with E-state index in [4.69, 9.17) is 0 Å². The van der Waals surface area contributed by atoms with Crippen molar-refractivity contribution in [3.63, 3.8) is 0 Å². The molecule has 0 aliphatic carbocycles. The molecule has 0 amide bonds. The molecule has 0 saturated heterocycles. The van der Waals surface area contributed by atoms with Gasteiger partial charge in [-0.15, -0.1) is 0 Å². The van der Waals surface area contributed by atoms with E-state index in [1.807, 2.05) is 6.21 Å². The molecule has 2 nitrogen and oxygen atoms in total. The lowest BCUT2D eigenvalue weighted by Gasteiger charge is -2.52. The Hall–Kier alpha value is -0.716. The van der Waals surface area contributed by atoms with E-state index >= 15 is 0 Å². The smallest absolute Gasteiger partial charge is 0.120 e. The second kappa shape index (κ2) is 14.3. The van der Waals surface area contributed by atoms with Gasteiger partial charge in [0, 0.05) is 12.8 Å². The summed E-state index contributed by atoms with van der Waals surface area (Å²) in [6.07, 6.45) is 7.30. The maximum Gasteiger partial charge on any atom is 0.120 e. The third-order valence-corrected chi connectivity index (χ3v) is 21.0. The van der Waals surface area contributed by atoms with Crippen LogP contribution in [-0.4, -0.2) is 40.0 Å². The van der Waals surface area contributed by atoms with Gasteiger partial charge in [0.1, 0.15) is 16.5 Å². The maximum absolute atomic E-state index is 4.61. The zero-order chi connectivity index (χ0) is 21.6. The van der Waals surface area contributed by atoms with Gasteiger partial charge in [-0.2, -0.15) is 0 Å². The van der Waals surface area contributed by atoms with Crippen molar-refractivity contribution in [1.82, 2.24) is 4.23 Å². The lowest BCUT2D eigenvalue weighted by molar-refractivity contribution is 0.521. The van der Waals surface area contributed by atoms with Crippen molar-refractivity contribution in [3.05, 3.63) is 35.9 Å². The number of nitrogens with zero attached hydrogens (tertiary/aromatic N) is 2. The van der Waals surface area contributed by atoms with E-state index in [0.29, 0.717) is 0 Å². The molecule has 1 aromatic rings. The van der Waals surface area contributed by atoms with Gasteiger partial charge in [-0.3, -0.25) is 4.99 Å². The Morgan fingerprint density at radius 3 is 1.66 bits per heavy atom. The molecule has 0 radical (unpaired) electrons. The molecular formula is C25H48N2Si2. The van der Waals surface area contributed by atoms with E-state index < -0.39 is 16.5 Å². The predicted octanol–water partition coefficient (Wildman–Crippen LogP) is 7.98. The van der Waals surface area contributed by atoms with E-state index in [0.717, 1.165) is 6.54 Å². The molecule has 0 aromatic heterocycles. The number of unbranched alkanes of at least 4 members (excludes halogenated alkanes) is 3. The molecule has 0 saturated carbocycles. The highest BCUT2D eigenvalue weighted by atomic mass is 28.4. The average Bonchev–Trinajstić information content (AvgIpc) is 2.78. The summed E-state index contributed by atoms with van der Waals surface area (Å²) in [4.78, 5) is 4.61. The van der Waals surface area contributed by atoms with Gasteiger partial charge in [0.25, 0.3) is 0 Å². The molecule has 4 heteroatoms. The van der Waals surface area contributed by atoms with E-state index in [9.17, 15) is 0 Å². The van der Waals surface area contributed by atoms with Crippen LogP contribution in [0.25, 0.3) is 0 Å². The molecule has 0 N–H and O–H groups in total. The van der Waals surface area contributed by atoms with Crippen molar-refractivity contribution >= 4 is 22.7 Å². The van der Waals surface area contributed by atoms with Gasteiger partial charge in [0.2, 0.25) is 0 Å². The summed E-state index contributed by atoms with van der Waals surface area (Å²) in [5.74, 6) is 0. The van der Waals surface area contributed by atoms with E-state index in [1.54, 1.807) is 0 Å². The number of hydrogen-bond donors (Lipinski definition) is 0. The normalized spacial score (nSPS) is 12.9. The maximum atomic E-state index is 4.61. The predicted molar refractivity (Wildman–Crippen MR) is 138 cm³/mol. The first-order valence-electron chi connectivity index (χ1n) is 12.4. The molecule has 0 bridgehead atoms. The molecule has 0 aliphatic rings. The molecule has 0 fully saturated rings. The minimum atomic E-state index is -1.29. The Balaban J connectivity index is 2.57. The summed E-state index contributed by atoms with van der Waals surface area (Å²) in [5, 5.41) is 0. The van der Waals surface area contributed by atoms with Crippen molar-refractivity contribution in [2.45, 2.75) is 103 Å². The Morgan fingerprint density at radius 2 is 1.17 bits per heavy atom. The van der Waals surface area contributed by atoms with E-state index in [1.165, 1.54) is 74.1 Å². The van der Waals surface area contributed by atoms with Crippen molar-refractivity contribution in [2.24, 2.45) is 4.99 Å². The van der Waals surface area contributed by atoms with Gasteiger partial charge >= 0.3 is 0 Å². The Bertz CT molecular complexity index is 515. The van der Waals surface area contributed by atoms with Crippen LogP contribution in [0.5, 0.6) is 0 Å². The van der Waals surface area contributed by atoms with Crippen molar-refractivity contribution in [2.75, 3.05) is 13.1 Å². The number of aliphatic imine (C=N–C) groups is 1. The highest BCUT2D eigenvalue weighted by molar-refractivity contribution is 6.92. The van der Waals surface area contributed by atoms with E-state index in [2.05, 4.69) is 81.1 Å². The highest BCUT2D eigenvalue weighted by Crippen LogP contribution is 2.36. The molecular weight excluding hydrogens is 384 g/mol. The molecule has 0 atom stereocenters. The summed E-state index contributed by atoms with van der Waals surface area (Å²) >= 11 is 0. The molecule has 0 heterocycles. The Morgan fingerprint density at radius 1 is 0.690 bits per heavy atom. The van der Waals surface area contributed by atoms with Gasteiger partial charge < -0.3 is 4.23 Å². The number of rotatable bonds is 16. The molecule has 166 valence electrons. The zero-order valence-corrected chi connectivity index (χ0v) is 22.3. The van der Waals surface area contributed by atoms with Gasteiger partial charge in [-0.25, -0.2) is 0 Å². The fourth-order valence-electron chi connectivity index (χ4n) is 5.16. The summed E-state index contributed by atoms with van der Waals surface area (Å²) < 4.78 is 3.23. The second-order valence-electron chi connectivity index (χ2n) is 8.58. The van der Waals surface area contributed by atoms with Gasteiger partial charge in [0.05, 0.1) is 0 Å². The molecule has 29 heavy (non-hydrogen) atoms. The van der Waals surface area contributed by atoms with Crippen LogP contribution in [0, 0.1) is 0 Å². The van der Waals surface area contributed by atoms with Crippen LogP contribution in [0.4, 0.5) is 0 Å². The lowest BCUT2D eigenvalue weighted by Crippen LogP contribution is -2.66. The second-order valence-corrected chi connectivity index (χ2v) is 19.2. The number of benzene rings is 1. The summed E-state index contributed by atoms with van der Waals surface area (Å²) in [6, 6.07) is 19.0. The first kappa shape index (κ1) is 26.3. The molecule has 0 aliphatic heterocycles. The lowest BCUT2D eigenvalue weighted by atomic mass is 10.2. The third kappa shape index (κ3) is 7.48. The van der Waals surface area contributed by atoms with Gasteiger partial charge in [-0.05, 0) is 61.2 Å². The Labute approximate surface area is 184 Å². The fourth-order valence-corrected chi connectivity index (χ4v) is 18.6. The number of hydrogen-bond acceptors (Lipinski definition) is 2. The monoisotopic (exact) mass is 432 g/mol. The zero-order valence-electron chi connectivity index (χ0n) is 20.3. The minimum Gasteiger partial charge on any atom is -0.345 e. The summed E-state index contributed by atoms with van der Waals surface area (Å²) in [6.45, 7) is 17.2. The van der Waals surface area contributed by atoms with Crippen LogP contribution >= 0.6 is 0 Å². The van der Waals surface area contributed by atoms with Crippen molar-refractivity contribution in [1.29, 1.82) is 0 Å². The van der Waals surface area contributed by atoms with Gasteiger partial charge in [0.15, 0.2) is 0 Å². The summed E-state index contributed by atoms with van der Waals surface area (Å²) in [5.41, 5.74) is 1.21. The standard InChI is InChI=1S/C25H48N2Si2/c1-7-28(8-2,9-3)27(29(10-4,11-5)12-6)23-19-14-13-18-22-26-24-25-20-16-15-17-21-25/h15-17,20-21,24H,7-14,18-19,22-23H2,1-6H3. The SMILES string of the molecule is CC[Si](CC)(CC)N(CCCCCCN=Cc1ccccc1)[Si](CC)(CC)CC. The first-order chi connectivity index (χ1) is 14.1. The van der Waals surface area contributed by atoms with Crippen molar-refractivity contribution in [3.8, 4) is 0 Å². The average molecular weight is 433 g/mol. The highest BCUT2D eigenvalue weighted by Gasteiger charge is 2.45. The van der Waals surface area contributed by atoms with Crippen LogP contribution in [0.15, 0.2) is 35.3 Å². The van der Waals surface area contributed by atoms with Crippen LogP contribution in [0.3, 0.4) is 0 Å². The molecule has 1 aromatic carbocycles. The van der Waals surface area contributed by atoms with Crippen LogP contribution in [0.2, 0.25) is 36.3 Å². The largest absolute Gasteiger partial charge is 0.345 e. The third-order valence-electron chi connectivity index (χ3n) is 7.55.